The number of halogens is 2. The Labute approximate surface area is 249 Å². The van der Waals surface area contributed by atoms with Crippen molar-refractivity contribution in [2.75, 3.05) is 12.4 Å². The monoisotopic (exact) mass is 609 g/mol. The SMILES string of the molecule is COC(=O)Nc1ccc(-c2nc(C(Cc3ccn(C)n3)NC(=O)NCc3cc(Cl)ccc3-n3cnnn3)[nH]c2Cl)cc1. The summed E-state index contributed by atoms with van der Waals surface area (Å²) in [6, 6.07) is 12.9. The van der Waals surface area contributed by atoms with E-state index in [1.54, 1.807) is 47.1 Å². The number of hydrogen-bond acceptors (Lipinski definition) is 8. The Balaban J connectivity index is 1.34. The average Bonchev–Trinajstić information content (AvgIpc) is 3.74. The highest BCUT2D eigenvalue weighted by atomic mass is 35.5. The molecule has 3 amide bonds. The Morgan fingerprint density at radius 3 is 2.62 bits per heavy atom. The Bertz CT molecular complexity index is 1680. The van der Waals surface area contributed by atoms with Crippen LogP contribution in [0.2, 0.25) is 10.2 Å². The molecule has 0 saturated heterocycles. The van der Waals surface area contributed by atoms with Gasteiger partial charge in [-0.25, -0.2) is 19.3 Å². The van der Waals surface area contributed by atoms with Crippen molar-refractivity contribution in [1.29, 1.82) is 0 Å². The lowest BCUT2D eigenvalue weighted by Crippen LogP contribution is -2.39. The summed E-state index contributed by atoms with van der Waals surface area (Å²) >= 11 is 12.8. The number of hydrogen-bond donors (Lipinski definition) is 4. The Hall–Kier alpha value is -4.95. The number of H-pyrrole nitrogens is 1. The highest BCUT2D eigenvalue weighted by molar-refractivity contribution is 6.32. The summed E-state index contributed by atoms with van der Waals surface area (Å²) in [5.74, 6) is 0.435. The van der Waals surface area contributed by atoms with Gasteiger partial charge in [0.1, 0.15) is 23.0 Å². The van der Waals surface area contributed by atoms with Crippen molar-refractivity contribution in [2.24, 2.45) is 7.05 Å². The minimum Gasteiger partial charge on any atom is -0.453 e. The first-order valence-electron chi connectivity index (χ1n) is 12.5. The van der Waals surface area contributed by atoms with Crippen LogP contribution in [0.15, 0.2) is 61.1 Å². The van der Waals surface area contributed by atoms with Crippen molar-refractivity contribution in [1.82, 2.24) is 50.6 Å². The van der Waals surface area contributed by atoms with Gasteiger partial charge in [-0.2, -0.15) is 5.10 Å². The first-order valence-corrected chi connectivity index (χ1v) is 13.3. The number of carbonyl (C=O) groups excluding carboxylic acids is 2. The van der Waals surface area contributed by atoms with Crippen molar-refractivity contribution in [3.63, 3.8) is 0 Å². The molecule has 0 bridgehead atoms. The fourth-order valence-corrected chi connectivity index (χ4v) is 4.62. The van der Waals surface area contributed by atoms with Gasteiger partial charge in [0.25, 0.3) is 0 Å². The van der Waals surface area contributed by atoms with Gasteiger partial charge < -0.3 is 20.4 Å². The molecule has 4 N–H and O–H groups in total. The summed E-state index contributed by atoms with van der Waals surface area (Å²) in [7, 11) is 3.10. The number of benzene rings is 2. The molecule has 5 aromatic rings. The normalized spacial score (nSPS) is 11.6. The Morgan fingerprint density at radius 1 is 1.12 bits per heavy atom. The number of nitrogens with one attached hydrogen (secondary N) is 4. The van der Waals surface area contributed by atoms with Gasteiger partial charge in [-0.1, -0.05) is 35.3 Å². The number of nitrogens with zero attached hydrogens (tertiary/aromatic N) is 7. The summed E-state index contributed by atoms with van der Waals surface area (Å²) in [5, 5.41) is 24.9. The second-order valence-electron chi connectivity index (χ2n) is 9.07. The topological polar surface area (TPSA) is 170 Å². The van der Waals surface area contributed by atoms with E-state index in [1.807, 2.05) is 19.3 Å². The van der Waals surface area contributed by atoms with Gasteiger partial charge in [0.15, 0.2) is 0 Å². The van der Waals surface area contributed by atoms with Crippen LogP contribution in [0.3, 0.4) is 0 Å². The van der Waals surface area contributed by atoms with Gasteiger partial charge >= 0.3 is 12.1 Å². The van der Waals surface area contributed by atoms with Crippen LogP contribution in [0.4, 0.5) is 15.3 Å². The van der Waals surface area contributed by atoms with E-state index in [-0.39, 0.29) is 11.7 Å². The van der Waals surface area contributed by atoms with Crippen molar-refractivity contribution < 1.29 is 14.3 Å². The molecule has 3 aromatic heterocycles. The maximum Gasteiger partial charge on any atom is 0.411 e. The van der Waals surface area contributed by atoms with Crippen LogP contribution >= 0.6 is 23.2 Å². The molecule has 0 saturated carbocycles. The molecule has 1 atom stereocenters. The van der Waals surface area contributed by atoms with Crippen LogP contribution in [-0.2, 0) is 24.8 Å². The molecule has 0 fully saturated rings. The van der Waals surface area contributed by atoms with Gasteiger partial charge in [-0.05, 0) is 52.4 Å². The molecule has 0 radical (unpaired) electrons. The third kappa shape index (κ3) is 6.85. The van der Waals surface area contributed by atoms with Gasteiger partial charge in [0.05, 0.1) is 24.5 Å². The van der Waals surface area contributed by atoms with Crippen LogP contribution < -0.4 is 16.0 Å². The first-order chi connectivity index (χ1) is 20.3. The van der Waals surface area contributed by atoms with Crippen molar-refractivity contribution >= 4 is 41.0 Å². The van der Waals surface area contributed by atoms with Crippen LogP contribution in [0.1, 0.15) is 23.1 Å². The Morgan fingerprint density at radius 2 is 1.93 bits per heavy atom. The number of aryl methyl sites for hydroxylation is 1. The largest absolute Gasteiger partial charge is 0.453 e. The summed E-state index contributed by atoms with van der Waals surface area (Å²) < 4.78 is 7.78. The molecule has 216 valence electrons. The van der Waals surface area contributed by atoms with Crippen LogP contribution in [0.25, 0.3) is 16.9 Å². The predicted molar refractivity (Wildman–Crippen MR) is 154 cm³/mol. The molecule has 0 aliphatic carbocycles. The van der Waals surface area contributed by atoms with Gasteiger partial charge in [0, 0.05) is 42.5 Å². The van der Waals surface area contributed by atoms with E-state index in [9.17, 15) is 9.59 Å². The lowest BCUT2D eigenvalue weighted by Gasteiger charge is -2.17. The zero-order chi connectivity index (χ0) is 29.6. The maximum absolute atomic E-state index is 13.1. The minimum absolute atomic E-state index is 0.147. The van der Waals surface area contributed by atoms with E-state index < -0.39 is 18.2 Å². The zero-order valence-electron chi connectivity index (χ0n) is 22.4. The molecule has 5 rings (SSSR count). The summed E-state index contributed by atoms with van der Waals surface area (Å²) in [6.07, 6.45) is 3.03. The third-order valence-electron chi connectivity index (χ3n) is 6.16. The van der Waals surface area contributed by atoms with Crippen LogP contribution in [0, 0.1) is 0 Å². The highest BCUT2D eigenvalue weighted by Crippen LogP contribution is 2.29. The molecule has 1 unspecified atom stereocenters. The second kappa shape index (κ2) is 12.7. The van der Waals surface area contributed by atoms with Gasteiger partial charge in [-0.15, -0.1) is 5.10 Å². The van der Waals surface area contributed by atoms with Crippen LogP contribution in [-0.4, -0.2) is 59.2 Å². The van der Waals surface area contributed by atoms with Gasteiger partial charge in [-0.3, -0.25) is 10.00 Å². The zero-order valence-corrected chi connectivity index (χ0v) is 23.9. The maximum atomic E-state index is 13.1. The number of aromatic nitrogens is 8. The van der Waals surface area contributed by atoms with E-state index in [0.717, 1.165) is 5.69 Å². The predicted octanol–water partition coefficient (Wildman–Crippen LogP) is 4.05. The lowest BCUT2D eigenvalue weighted by molar-refractivity contribution is 0.187. The van der Waals surface area contributed by atoms with Crippen molar-refractivity contribution in [2.45, 2.75) is 19.0 Å². The van der Waals surface area contributed by atoms with Gasteiger partial charge in [0.2, 0.25) is 0 Å². The van der Waals surface area contributed by atoms with Crippen molar-refractivity contribution in [3.05, 3.63) is 88.3 Å². The quantitative estimate of drug-likeness (QED) is 0.194. The fraction of sp³-hybridized carbons (Fsp3) is 0.192. The highest BCUT2D eigenvalue weighted by Gasteiger charge is 2.23. The molecule has 0 aliphatic heterocycles. The lowest BCUT2D eigenvalue weighted by atomic mass is 10.1. The van der Waals surface area contributed by atoms with Crippen molar-refractivity contribution in [3.8, 4) is 16.9 Å². The number of imidazole rings is 1. The average molecular weight is 610 g/mol. The molecule has 2 aromatic carbocycles. The number of aromatic amines is 1. The molecule has 14 nitrogen and oxygen atoms in total. The summed E-state index contributed by atoms with van der Waals surface area (Å²) in [5.41, 5.74) is 3.85. The van der Waals surface area contributed by atoms with Crippen LogP contribution in [0.5, 0.6) is 0 Å². The Kier molecular flexibility index (Phi) is 8.64. The number of tetrazole rings is 1. The smallest absolute Gasteiger partial charge is 0.411 e. The fourth-order valence-electron chi connectivity index (χ4n) is 4.18. The standard InChI is InChI=1S/C26H25Cl2N11O3/c1-38-10-9-19(35-38)12-20(24-33-22(23(28)34-24)15-3-6-18(7-4-15)31-26(41)42-2)32-25(40)29-13-16-11-17(27)5-8-21(16)39-14-30-36-37-39/h3-11,14,20H,12-13H2,1-2H3,(H,31,41)(H,33,34)(H2,29,32,40). The molecule has 0 aliphatic rings. The number of amides is 3. The third-order valence-corrected chi connectivity index (χ3v) is 6.67. The van der Waals surface area contributed by atoms with E-state index in [0.29, 0.717) is 45.5 Å². The molecular weight excluding hydrogens is 585 g/mol. The number of anilines is 1. The molecule has 42 heavy (non-hydrogen) atoms. The number of rotatable bonds is 9. The summed E-state index contributed by atoms with van der Waals surface area (Å²) in [6.45, 7) is 0.147. The number of methoxy groups -OCH3 is 1. The second-order valence-corrected chi connectivity index (χ2v) is 9.88. The number of carbonyl (C=O) groups is 2. The number of urea groups is 1. The molecule has 0 spiro atoms. The molecule has 3 heterocycles. The van der Waals surface area contributed by atoms with E-state index >= 15 is 0 Å². The van der Waals surface area contributed by atoms with E-state index in [4.69, 9.17) is 28.2 Å². The number of ether oxygens (including phenoxy) is 1. The first kappa shape index (κ1) is 28.6. The van der Waals surface area contributed by atoms with E-state index in [2.05, 4.69) is 46.3 Å². The summed E-state index contributed by atoms with van der Waals surface area (Å²) in [4.78, 5) is 32.4. The van der Waals surface area contributed by atoms with E-state index in [1.165, 1.54) is 18.1 Å². The minimum atomic E-state index is -0.607. The molecule has 16 heteroatoms. The molecular formula is C26H25Cl2N11O3.